The van der Waals surface area contributed by atoms with E-state index in [4.69, 9.17) is 0 Å². The molecule has 88 valence electrons. The number of hydrogen-bond donors (Lipinski definition) is 1. The third-order valence-corrected chi connectivity index (χ3v) is 2.46. The SMILES string of the molecule is CC(=O)C(O)C(C(C)=O)(C(C)=O)C(C)=O.[Zr]. The molecule has 0 amide bonds. The van der Waals surface area contributed by atoms with Crippen molar-refractivity contribution in [3.63, 3.8) is 0 Å². The molecule has 0 aromatic carbocycles. The van der Waals surface area contributed by atoms with Gasteiger partial charge in [0.2, 0.25) is 0 Å². The Kier molecular flexibility index (Phi) is 7.06. The first-order chi connectivity index (χ1) is 6.68. The van der Waals surface area contributed by atoms with Gasteiger partial charge in [0.15, 0.2) is 28.5 Å². The Morgan fingerprint density at radius 2 is 1.12 bits per heavy atom. The fourth-order valence-electron chi connectivity index (χ4n) is 1.63. The summed E-state index contributed by atoms with van der Waals surface area (Å²) in [5.74, 6) is -3.23. The van der Waals surface area contributed by atoms with Crippen molar-refractivity contribution >= 4 is 23.1 Å². The number of hydrogen-bond acceptors (Lipinski definition) is 5. The van der Waals surface area contributed by atoms with E-state index in [2.05, 4.69) is 0 Å². The Labute approximate surface area is 113 Å². The molecule has 0 bridgehead atoms. The number of aliphatic hydroxyl groups excluding tert-OH is 1. The zero-order valence-electron chi connectivity index (χ0n) is 9.66. The minimum Gasteiger partial charge on any atom is -0.383 e. The molecule has 0 aromatic heterocycles. The van der Waals surface area contributed by atoms with Crippen LogP contribution in [-0.2, 0) is 45.4 Å². The van der Waals surface area contributed by atoms with E-state index in [-0.39, 0.29) is 26.2 Å². The van der Waals surface area contributed by atoms with Gasteiger partial charge in [-0.15, -0.1) is 0 Å². The molecule has 0 rings (SSSR count). The standard InChI is InChI=1S/C10H14O5.Zr/c1-5(11)9(15)10(6(2)12,7(3)13)8(4)14;/h9,15H,1-4H3;. The summed E-state index contributed by atoms with van der Waals surface area (Å²) in [6, 6.07) is 0. The van der Waals surface area contributed by atoms with E-state index >= 15 is 0 Å². The molecule has 1 N–H and O–H groups in total. The van der Waals surface area contributed by atoms with Gasteiger partial charge in [0, 0.05) is 26.2 Å². The average Bonchev–Trinajstić information content (AvgIpc) is 2.02. The Morgan fingerprint density at radius 1 is 0.875 bits per heavy atom. The van der Waals surface area contributed by atoms with E-state index in [0.29, 0.717) is 0 Å². The van der Waals surface area contributed by atoms with E-state index in [9.17, 15) is 24.3 Å². The van der Waals surface area contributed by atoms with Crippen molar-refractivity contribution in [1.82, 2.24) is 0 Å². The van der Waals surface area contributed by atoms with Gasteiger partial charge in [0.05, 0.1) is 0 Å². The number of aliphatic hydroxyl groups is 1. The molecule has 0 radical (unpaired) electrons. The topological polar surface area (TPSA) is 88.5 Å². The maximum Gasteiger partial charge on any atom is 0.177 e. The molecule has 0 saturated heterocycles. The fourth-order valence-corrected chi connectivity index (χ4v) is 1.63. The summed E-state index contributed by atoms with van der Waals surface area (Å²) in [7, 11) is 0. The van der Waals surface area contributed by atoms with Crippen molar-refractivity contribution in [3.05, 3.63) is 0 Å². The molecule has 0 fully saturated rings. The second-order valence-corrected chi connectivity index (χ2v) is 3.49. The van der Waals surface area contributed by atoms with Crippen LogP contribution in [0.1, 0.15) is 27.7 Å². The quantitative estimate of drug-likeness (QED) is 0.704. The molecule has 0 aliphatic carbocycles. The molecule has 1 unspecified atom stereocenters. The van der Waals surface area contributed by atoms with Gasteiger partial charge in [-0.3, -0.25) is 19.2 Å². The van der Waals surface area contributed by atoms with Crippen molar-refractivity contribution in [3.8, 4) is 0 Å². The number of rotatable bonds is 5. The summed E-state index contributed by atoms with van der Waals surface area (Å²) in [6.45, 7) is 4.05. The molecule has 0 aliphatic rings. The monoisotopic (exact) mass is 304 g/mol. The van der Waals surface area contributed by atoms with Gasteiger partial charge in [-0.2, -0.15) is 0 Å². The summed E-state index contributed by atoms with van der Waals surface area (Å²) >= 11 is 0. The Morgan fingerprint density at radius 3 is 1.19 bits per heavy atom. The smallest absolute Gasteiger partial charge is 0.177 e. The Hall–Kier alpha value is -0.477. The Bertz CT molecular complexity index is 298. The minimum absolute atomic E-state index is 0. The van der Waals surface area contributed by atoms with Gasteiger partial charge < -0.3 is 5.11 Å². The molecular formula is C10H14O5Zr. The van der Waals surface area contributed by atoms with Gasteiger partial charge in [0.25, 0.3) is 0 Å². The van der Waals surface area contributed by atoms with Crippen LogP contribution in [0.3, 0.4) is 0 Å². The average molecular weight is 305 g/mol. The van der Waals surface area contributed by atoms with Crippen LogP contribution < -0.4 is 0 Å². The van der Waals surface area contributed by atoms with Crippen molar-refractivity contribution in [2.24, 2.45) is 5.41 Å². The second kappa shape index (κ2) is 6.31. The zero-order valence-corrected chi connectivity index (χ0v) is 12.1. The van der Waals surface area contributed by atoms with Gasteiger partial charge in [-0.05, 0) is 27.7 Å². The van der Waals surface area contributed by atoms with Crippen molar-refractivity contribution in [2.75, 3.05) is 0 Å². The molecule has 16 heavy (non-hydrogen) atoms. The largest absolute Gasteiger partial charge is 0.383 e. The number of ketones is 4. The van der Waals surface area contributed by atoms with Gasteiger partial charge >= 0.3 is 0 Å². The van der Waals surface area contributed by atoms with Crippen LogP contribution in [0.5, 0.6) is 0 Å². The van der Waals surface area contributed by atoms with Gasteiger partial charge in [-0.1, -0.05) is 0 Å². The summed E-state index contributed by atoms with van der Waals surface area (Å²) in [6.07, 6.45) is -1.90. The van der Waals surface area contributed by atoms with Crippen LogP contribution in [0.4, 0.5) is 0 Å². The molecule has 1 atom stereocenters. The number of Topliss-reactive ketones (excluding diaryl/α,β-unsaturated/α-hetero) is 4. The van der Waals surface area contributed by atoms with Crippen LogP contribution in [0, 0.1) is 5.41 Å². The third kappa shape index (κ3) is 2.80. The summed E-state index contributed by atoms with van der Waals surface area (Å²) in [4.78, 5) is 45.0. The number of carbonyl (C=O) groups excluding carboxylic acids is 4. The predicted molar refractivity (Wildman–Crippen MR) is 51.2 cm³/mol. The first-order valence-electron chi connectivity index (χ1n) is 4.40. The van der Waals surface area contributed by atoms with Crippen LogP contribution in [0.25, 0.3) is 0 Å². The van der Waals surface area contributed by atoms with Crippen molar-refractivity contribution in [1.29, 1.82) is 0 Å². The van der Waals surface area contributed by atoms with Crippen LogP contribution in [0.2, 0.25) is 0 Å². The minimum atomic E-state index is -2.23. The van der Waals surface area contributed by atoms with E-state index in [1.54, 1.807) is 0 Å². The maximum atomic E-state index is 11.3. The third-order valence-electron chi connectivity index (χ3n) is 2.46. The molecule has 0 saturated carbocycles. The number of carbonyl (C=O) groups is 4. The zero-order chi connectivity index (χ0) is 12.4. The summed E-state index contributed by atoms with van der Waals surface area (Å²) in [5, 5.41) is 9.54. The van der Waals surface area contributed by atoms with Crippen LogP contribution in [0.15, 0.2) is 0 Å². The van der Waals surface area contributed by atoms with E-state index in [1.807, 2.05) is 0 Å². The second-order valence-electron chi connectivity index (χ2n) is 3.49. The predicted octanol–water partition coefficient (Wildman–Crippen LogP) is -0.313. The molecule has 5 nitrogen and oxygen atoms in total. The van der Waals surface area contributed by atoms with E-state index in [1.165, 1.54) is 0 Å². The molecule has 0 spiro atoms. The van der Waals surface area contributed by atoms with Crippen LogP contribution in [-0.4, -0.2) is 34.3 Å². The maximum absolute atomic E-state index is 11.3. The van der Waals surface area contributed by atoms with E-state index < -0.39 is 34.7 Å². The van der Waals surface area contributed by atoms with E-state index in [0.717, 1.165) is 27.7 Å². The van der Waals surface area contributed by atoms with Crippen molar-refractivity contribution in [2.45, 2.75) is 33.8 Å². The van der Waals surface area contributed by atoms with Crippen molar-refractivity contribution < 1.29 is 50.5 Å². The van der Waals surface area contributed by atoms with Crippen LogP contribution >= 0.6 is 0 Å². The fraction of sp³-hybridized carbons (Fsp3) is 0.600. The summed E-state index contributed by atoms with van der Waals surface area (Å²) < 4.78 is 0. The molecule has 0 aliphatic heterocycles. The molecule has 0 heterocycles. The Balaban J connectivity index is 0. The van der Waals surface area contributed by atoms with Gasteiger partial charge in [0.1, 0.15) is 6.10 Å². The first kappa shape index (κ1) is 17.9. The molecule has 0 aromatic rings. The summed E-state index contributed by atoms with van der Waals surface area (Å²) in [5.41, 5.74) is -2.23. The molecule has 6 heteroatoms. The molecular weight excluding hydrogens is 291 g/mol. The first-order valence-corrected chi connectivity index (χ1v) is 4.40. The normalized spacial score (nSPS) is 12.3. The van der Waals surface area contributed by atoms with Gasteiger partial charge in [-0.25, -0.2) is 0 Å².